The first-order valence-electron chi connectivity index (χ1n) is 9.86. The lowest BCUT2D eigenvalue weighted by molar-refractivity contribution is -0.137. The van der Waals surface area contributed by atoms with Crippen LogP contribution in [0.5, 0.6) is 0 Å². The molecule has 0 radical (unpaired) electrons. The lowest BCUT2D eigenvalue weighted by Crippen LogP contribution is -2.38. The molecule has 0 atom stereocenters. The summed E-state index contributed by atoms with van der Waals surface area (Å²) in [4.78, 5) is 12.8. The zero-order valence-electron chi connectivity index (χ0n) is 17.4. The van der Waals surface area contributed by atoms with Crippen molar-refractivity contribution in [2.45, 2.75) is 24.4 Å². The molecule has 0 heterocycles. The van der Waals surface area contributed by atoms with Gasteiger partial charge in [0.2, 0.25) is 5.91 Å². The van der Waals surface area contributed by atoms with Gasteiger partial charge in [-0.1, -0.05) is 54.9 Å². The number of nitrogens with zero attached hydrogens (tertiary/aromatic N) is 1. The van der Waals surface area contributed by atoms with Gasteiger partial charge in [-0.05, 0) is 48.4 Å². The highest BCUT2D eigenvalue weighted by Crippen LogP contribution is 2.36. The average Bonchev–Trinajstić information content (AvgIpc) is 2.78. The highest BCUT2D eigenvalue weighted by molar-refractivity contribution is 7.92. The number of carbonyl (C=O) groups excluding carboxylic acids is 1. The third-order valence-electron chi connectivity index (χ3n) is 4.82. The number of sulfonamides is 1. The van der Waals surface area contributed by atoms with Gasteiger partial charge in [0.1, 0.15) is 6.54 Å². The molecule has 33 heavy (non-hydrogen) atoms. The van der Waals surface area contributed by atoms with Crippen molar-refractivity contribution < 1.29 is 26.4 Å². The molecule has 0 bridgehead atoms. The SMILES string of the molecule is CCc1ccccc1N(CC(=O)Nc1ccc(Cl)c(C(F)(F)F)c1)S(=O)(=O)c1ccccc1. The van der Waals surface area contributed by atoms with Crippen molar-refractivity contribution in [3.8, 4) is 0 Å². The van der Waals surface area contributed by atoms with Gasteiger partial charge < -0.3 is 5.32 Å². The summed E-state index contributed by atoms with van der Waals surface area (Å²) < 4.78 is 67.2. The van der Waals surface area contributed by atoms with Crippen molar-refractivity contribution in [3.63, 3.8) is 0 Å². The van der Waals surface area contributed by atoms with Crippen LogP contribution < -0.4 is 9.62 Å². The Morgan fingerprint density at radius 2 is 1.64 bits per heavy atom. The zero-order valence-corrected chi connectivity index (χ0v) is 19.0. The molecule has 1 amide bonds. The standard InChI is InChI=1S/C23H20ClF3N2O3S/c1-2-16-8-6-7-11-21(16)29(33(31,32)18-9-4-3-5-10-18)15-22(30)28-17-12-13-20(24)19(14-17)23(25,26)27/h3-14H,2,15H2,1H3,(H,28,30). The minimum Gasteiger partial charge on any atom is -0.324 e. The Morgan fingerprint density at radius 1 is 1.00 bits per heavy atom. The van der Waals surface area contributed by atoms with Gasteiger partial charge in [-0.25, -0.2) is 8.42 Å². The maximum Gasteiger partial charge on any atom is 0.417 e. The predicted molar refractivity (Wildman–Crippen MR) is 122 cm³/mol. The topological polar surface area (TPSA) is 66.5 Å². The molecule has 5 nitrogen and oxygen atoms in total. The second-order valence-electron chi connectivity index (χ2n) is 7.05. The Kier molecular flexibility index (Phi) is 7.34. The molecule has 0 unspecified atom stereocenters. The van der Waals surface area contributed by atoms with E-state index < -0.39 is 39.2 Å². The van der Waals surface area contributed by atoms with E-state index in [1.54, 1.807) is 42.5 Å². The Hall–Kier alpha value is -3.04. The lowest BCUT2D eigenvalue weighted by Gasteiger charge is -2.26. The fourth-order valence-corrected chi connectivity index (χ4v) is 4.93. The first-order chi connectivity index (χ1) is 15.5. The monoisotopic (exact) mass is 496 g/mol. The van der Waals surface area contributed by atoms with Crippen molar-refractivity contribution in [3.05, 3.63) is 88.9 Å². The van der Waals surface area contributed by atoms with Gasteiger partial charge in [0, 0.05) is 5.69 Å². The summed E-state index contributed by atoms with van der Waals surface area (Å²) in [6.07, 6.45) is -4.20. The summed E-state index contributed by atoms with van der Waals surface area (Å²) in [5.41, 5.74) is -0.258. The molecule has 0 aromatic heterocycles. The van der Waals surface area contributed by atoms with E-state index in [2.05, 4.69) is 5.32 Å². The minimum atomic E-state index is -4.71. The molecule has 10 heteroatoms. The fraction of sp³-hybridized carbons (Fsp3) is 0.174. The summed E-state index contributed by atoms with van der Waals surface area (Å²) in [7, 11) is -4.14. The van der Waals surface area contributed by atoms with Gasteiger partial charge in [0.05, 0.1) is 21.2 Å². The number of anilines is 2. The normalized spacial score (nSPS) is 11.8. The number of hydrogen-bond donors (Lipinski definition) is 1. The van der Waals surface area contributed by atoms with Crippen LogP contribution in [-0.2, 0) is 27.4 Å². The van der Waals surface area contributed by atoms with Crippen molar-refractivity contribution in [1.82, 2.24) is 0 Å². The highest BCUT2D eigenvalue weighted by Gasteiger charge is 2.34. The van der Waals surface area contributed by atoms with Crippen LogP contribution in [0.1, 0.15) is 18.1 Å². The second kappa shape index (κ2) is 9.84. The summed E-state index contributed by atoms with van der Waals surface area (Å²) in [5, 5.41) is 1.83. The molecule has 0 fully saturated rings. The molecule has 3 rings (SSSR count). The van der Waals surface area contributed by atoms with Crippen molar-refractivity contribution in [1.29, 1.82) is 0 Å². The average molecular weight is 497 g/mol. The number of alkyl halides is 3. The molecule has 174 valence electrons. The number of halogens is 4. The molecule has 0 spiro atoms. The van der Waals surface area contributed by atoms with Crippen LogP contribution in [0.4, 0.5) is 24.5 Å². The number of para-hydroxylation sites is 1. The van der Waals surface area contributed by atoms with Gasteiger partial charge in [-0.3, -0.25) is 9.10 Å². The largest absolute Gasteiger partial charge is 0.417 e. The molecule has 0 aliphatic carbocycles. The van der Waals surface area contributed by atoms with Gasteiger partial charge in [-0.2, -0.15) is 13.2 Å². The quantitative estimate of drug-likeness (QED) is 0.452. The van der Waals surface area contributed by atoms with E-state index in [4.69, 9.17) is 11.6 Å². The molecule has 3 aromatic rings. The summed E-state index contributed by atoms with van der Waals surface area (Å²) in [5.74, 6) is -0.809. The highest BCUT2D eigenvalue weighted by atomic mass is 35.5. The van der Waals surface area contributed by atoms with Crippen LogP contribution in [0.15, 0.2) is 77.7 Å². The Bertz CT molecular complexity index is 1250. The van der Waals surface area contributed by atoms with Crippen molar-refractivity contribution in [2.24, 2.45) is 0 Å². The van der Waals surface area contributed by atoms with Crippen LogP contribution >= 0.6 is 11.6 Å². The molecule has 1 N–H and O–H groups in total. The van der Waals surface area contributed by atoms with Crippen LogP contribution in [0, 0.1) is 0 Å². The van der Waals surface area contributed by atoms with E-state index in [-0.39, 0.29) is 10.6 Å². The van der Waals surface area contributed by atoms with Crippen LogP contribution in [0.2, 0.25) is 5.02 Å². The van der Waals surface area contributed by atoms with E-state index in [0.29, 0.717) is 23.7 Å². The van der Waals surface area contributed by atoms with Crippen molar-refractivity contribution in [2.75, 3.05) is 16.2 Å². The number of carbonyl (C=O) groups is 1. The van der Waals surface area contributed by atoms with E-state index >= 15 is 0 Å². The maximum absolute atomic E-state index is 13.4. The number of benzene rings is 3. The van der Waals surface area contributed by atoms with Gasteiger partial charge >= 0.3 is 6.18 Å². The number of hydrogen-bond acceptors (Lipinski definition) is 3. The summed E-state index contributed by atoms with van der Waals surface area (Å²) in [6.45, 7) is 1.21. The maximum atomic E-state index is 13.4. The second-order valence-corrected chi connectivity index (χ2v) is 9.32. The van der Waals surface area contributed by atoms with Crippen LogP contribution in [-0.4, -0.2) is 20.9 Å². The first-order valence-corrected chi connectivity index (χ1v) is 11.7. The molecular weight excluding hydrogens is 477 g/mol. The third kappa shape index (κ3) is 5.66. The Labute approximate surface area is 194 Å². The molecule has 0 saturated heterocycles. The van der Waals surface area contributed by atoms with Gasteiger partial charge in [-0.15, -0.1) is 0 Å². The third-order valence-corrected chi connectivity index (χ3v) is 6.92. The van der Waals surface area contributed by atoms with Gasteiger partial charge in [0.15, 0.2) is 0 Å². The number of aryl methyl sites for hydroxylation is 1. The van der Waals surface area contributed by atoms with E-state index in [9.17, 15) is 26.4 Å². The first kappa shape index (κ1) is 24.6. The minimum absolute atomic E-state index is 0.0189. The van der Waals surface area contributed by atoms with E-state index in [1.807, 2.05) is 6.92 Å². The Balaban J connectivity index is 1.97. The smallest absolute Gasteiger partial charge is 0.324 e. The van der Waals surface area contributed by atoms with Crippen molar-refractivity contribution >= 4 is 38.9 Å². The number of amides is 1. The molecule has 0 aliphatic heterocycles. The summed E-state index contributed by atoms with van der Waals surface area (Å²) >= 11 is 5.62. The summed E-state index contributed by atoms with van der Waals surface area (Å²) in [6, 6.07) is 17.3. The predicted octanol–water partition coefficient (Wildman–Crippen LogP) is 5.76. The molecule has 3 aromatic carbocycles. The fourth-order valence-electron chi connectivity index (χ4n) is 3.22. The molecular formula is C23H20ClF3N2O3S. The van der Waals surface area contributed by atoms with Gasteiger partial charge in [0.25, 0.3) is 10.0 Å². The van der Waals surface area contributed by atoms with E-state index in [0.717, 1.165) is 10.4 Å². The van der Waals surface area contributed by atoms with Crippen LogP contribution in [0.3, 0.4) is 0 Å². The lowest BCUT2D eigenvalue weighted by atomic mass is 10.1. The molecule has 0 saturated carbocycles. The molecule has 0 aliphatic rings. The van der Waals surface area contributed by atoms with Crippen LogP contribution in [0.25, 0.3) is 0 Å². The number of nitrogens with one attached hydrogen (secondary N) is 1. The zero-order chi connectivity index (χ0) is 24.2. The number of rotatable bonds is 7. The van der Waals surface area contributed by atoms with E-state index in [1.165, 1.54) is 18.2 Å². The Morgan fingerprint density at radius 3 is 2.27 bits per heavy atom.